The SMILES string of the molecule is CC(C)(C)CC1CC(NCCCO)CN(C2CCC2)C1. The molecule has 2 aliphatic rings. The highest BCUT2D eigenvalue weighted by Gasteiger charge is 2.34. The van der Waals surface area contributed by atoms with E-state index in [9.17, 15) is 0 Å². The molecule has 2 rings (SSSR count). The molecular formula is C17H34N2O. The van der Waals surface area contributed by atoms with E-state index in [1.54, 1.807) is 0 Å². The van der Waals surface area contributed by atoms with Crippen molar-refractivity contribution in [3.05, 3.63) is 0 Å². The van der Waals surface area contributed by atoms with Crippen molar-refractivity contribution in [1.29, 1.82) is 0 Å². The molecule has 2 fully saturated rings. The Bertz CT molecular complexity index is 283. The Balaban J connectivity index is 1.87. The number of hydrogen-bond donors (Lipinski definition) is 2. The quantitative estimate of drug-likeness (QED) is 0.735. The number of aliphatic hydroxyl groups excluding tert-OH is 1. The van der Waals surface area contributed by atoms with Crippen molar-refractivity contribution in [2.24, 2.45) is 11.3 Å². The zero-order chi connectivity index (χ0) is 14.6. The molecule has 2 unspecified atom stereocenters. The van der Waals surface area contributed by atoms with E-state index in [1.165, 1.54) is 45.2 Å². The van der Waals surface area contributed by atoms with E-state index in [-0.39, 0.29) is 0 Å². The molecule has 0 aromatic rings. The van der Waals surface area contributed by atoms with Gasteiger partial charge in [-0.3, -0.25) is 4.90 Å². The average Bonchev–Trinajstić information content (AvgIpc) is 2.24. The fourth-order valence-electron chi connectivity index (χ4n) is 3.84. The molecular weight excluding hydrogens is 248 g/mol. The number of aliphatic hydroxyl groups is 1. The van der Waals surface area contributed by atoms with E-state index in [0.29, 0.717) is 18.1 Å². The van der Waals surface area contributed by atoms with E-state index < -0.39 is 0 Å². The summed E-state index contributed by atoms with van der Waals surface area (Å²) in [7, 11) is 0. The molecule has 0 amide bonds. The lowest BCUT2D eigenvalue weighted by Gasteiger charge is -2.46. The molecule has 1 saturated heterocycles. The second kappa shape index (κ2) is 7.24. The van der Waals surface area contributed by atoms with Crippen LogP contribution < -0.4 is 5.32 Å². The number of likely N-dealkylation sites (tertiary alicyclic amines) is 1. The van der Waals surface area contributed by atoms with Crippen molar-refractivity contribution in [1.82, 2.24) is 10.2 Å². The summed E-state index contributed by atoms with van der Waals surface area (Å²) in [5, 5.41) is 12.6. The molecule has 2 atom stereocenters. The van der Waals surface area contributed by atoms with E-state index in [2.05, 4.69) is 31.0 Å². The Morgan fingerprint density at radius 3 is 2.50 bits per heavy atom. The molecule has 1 aliphatic heterocycles. The average molecular weight is 282 g/mol. The highest BCUT2D eigenvalue weighted by atomic mass is 16.3. The highest BCUT2D eigenvalue weighted by molar-refractivity contribution is 4.91. The van der Waals surface area contributed by atoms with Gasteiger partial charge in [-0.1, -0.05) is 27.2 Å². The summed E-state index contributed by atoms with van der Waals surface area (Å²) in [6.45, 7) is 10.9. The summed E-state index contributed by atoms with van der Waals surface area (Å²) in [5.74, 6) is 0.830. The second-order valence-electron chi connectivity index (χ2n) is 8.13. The summed E-state index contributed by atoms with van der Waals surface area (Å²) < 4.78 is 0. The van der Waals surface area contributed by atoms with Crippen LogP contribution in [0.1, 0.15) is 59.3 Å². The van der Waals surface area contributed by atoms with Gasteiger partial charge >= 0.3 is 0 Å². The topological polar surface area (TPSA) is 35.5 Å². The van der Waals surface area contributed by atoms with Crippen molar-refractivity contribution < 1.29 is 5.11 Å². The molecule has 0 spiro atoms. The number of hydrogen-bond acceptors (Lipinski definition) is 3. The predicted octanol–water partition coefficient (Wildman–Crippen LogP) is 2.64. The third-order valence-corrected chi connectivity index (χ3v) is 4.83. The number of piperidine rings is 1. The molecule has 20 heavy (non-hydrogen) atoms. The molecule has 0 aromatic heterocycles. The minimum Gasteiger partial charge on any atom is -0.396 e. The van der Waals surface area contributed by atoms with Crippen LogP contribution in [0, 0.1) is 11.3 Å². The maximum atomic E-state index is 8.94. The molecule has 0 aromatic carbocycles. The fourth-order valence-corrected chi connectivity index (χ4v) is 3.84. The second-order valence-corrected chi connectivity index (χ2v) is 8.13. The Morgan fingerprint density at radius 1 is 1.20 bits per heavy atom. The summed E-state index contributed by atoms with van der Waals surface area (Å²) in [4.78, 5) is 2.75. The first-order valence-electron chi connectivity index (χ1n) is 8.56. The minimum atomic E-state index is 0.303. The molecule has 118 valence electrons. The monoisotopic (exact) mass is 282 g/mol. The summed E-state index contributed by atoms with van der Waals surface area (Å²) in [6.07, 6.45) is 7.76. The molecule has 2 N–H and O–H groups in total. The smallest absolute Gasteiger partial charge is 0.0443 e. The third-order valence-electron chi connectivity index (χ3n) is 4.83. The van der Waals surface area contributed by atoms with Gasteiger partial charge in [0.2, 0.25) is 0 Å². The highest BCUT2D eigenvalue weighted by Crippen LogP contribution is 2.34. The first-order valence-corrected chi connectivity index (χ1v) is 8.56. The van der Waals surface area contributed by atoms with Crippen LogP contribution in [-0.2, 0) is 0 Å². The third kappa shape index (κ3) is 5.01. The lowest BCUT2D eigenvalue weighted by Crippen LogP contribution is -2.54. The van der Waals surface area contributed by atoms with Crippen LogP contribution in [0.4, 0.5) is 0 Å². The van der Waals surface area contributed by atoms with Crippen molar-refractivity contribution in [3.8, 4) is 0 Å². The Kier molecular flexibility index (Phi) is 5.88. The first kappa shape index (κ1) is 16.3. The Morgan fingerprint density at radius 2 is 1.95 bits per heavy atom. The van der Waals surface area contributed by atoms with Gasteiger partial charge in [0.25, 0.3) is 0 Å². The lowest BCUT2D eigenvalue weighted by atomic mass is 9.78. The number of rotatable bonds is 6. The van der Waals surface area contributed by atoms with Crippen LogP contribution in [0.5, 0.6) is 0 Å². The Labute approximate surface area is 125 Å². The van der Waals surface area contributed by atoms with Gasteiger partial charge in [-0.25, -0.2) is 0 Å². The maximum absolute atomic E-state index is 8.94. The van der Waals surface area contributed by atoms with Crippen LogP contribution in [-0.4, -0.2) is 48.3 Å². The van der Waals surface area contributed by atoms with Crippen molar-refractivity contribution in [2.75, 3.05) is 26.2 Å². The van der Waals surface area contributed by atoms with Gasteiger partial charge in [0.15, 0.2) is 0 Å². The molecule has 0 radical (unpaired) electrons. The number of nitrogens with one attached hydrogen (secondary N) is 1. The lowest BCUT2D eigenvalue weighted by molar-refractivity contribution is 0.0459. The van der Waals surface area contributed by atoms with Gasteiger partial charge in [-0.15, -0.1) is 0 Å². The van der Waals surface area contributed by atoms with E-state index in [4.69, 9.17) is 5.11 Å². The molecule has 1 saturated carbocycles. The van der Waals surface area contributed by atoms with E-state index in [0.717, 1.165) is 24.9 Å². The number of nitrogens with zero attached hydrogens (tertiary/aromatic N) is 1. The van der Waals surface area contributed by atoms with Crippen molar-refractivity contribution in [2.45, 2.75) is 71.4 Å². The van der Waals surface area contributed by atoms with Gasteiger partial charge in [0.05, 0.1) is 0 Å². The zero-order valence-electron chi connectivity index (χ0n) is 13.7. The van der Waals surface area contributed by atoms with Crippen LogP contribution >= 0.6 is 0 Å². The molecule has 1 heterocycles. The van der Waals surface area contributed by atoms with Gasteiger partial charge in [-0.2, -0.15) is 0 Å². The maximum Gasteiger partial charge on any atom is 0.0443 e. The minimum absolute atomic E-state index is 0.303. The van der Waals surface area contributed by atoms with Gasteiger partial charge < -0.3 is 10.4 Å². The first-order chi connectivity index (χ1) is 9.48. The standard InChI is InChI=1S/C17H34N2O/c1-17(2,3)11-14-10-15(18-8-5-9-20)13-19(12-14)16-6-4-7-16/h14-16,18,20H,4-13H2,1-3H3. The normalized spacial score (nSPS) is 29.4. The molecule has 0 bridgehead atoms. The van der Waals surface area contributed by atoms with Crippen LogP contribution in [0.3, 0.4) is 0 Å². The molecule has 1 aliphatic carbocycles. The van der Waals surface area contributed by atoms with Crippen molar-refractivity contribution in [3.63, 3.8) is 0 Å². The zero-order valence-corrected chi connectivity index (χ0v) is 13.7. The van der Waals surface area contributed by atoms with Crippen LogP contribution in [0.25, 0.3) is 0 Å². The van der Waals surface area contributed by atoms with Gasteiger partial charge in [0.1, 0.15) is 0 Å². The summed E-state index contributed by atoms with van der Waals surface area (Å²) in [5.41, 5.74) is 0.433. The largest absolute Gasteiger partial charge is 0.396 e. The molecule has 3 nitrogen and oxygen atoms in total. The fraction of sp³-hybridized carbons (Fsp3) is 1.00. The van der Waals surface area contributed by atoms with Crippen LogP contribution in [0.2, 0.25) is 0 Å². The predicted molar refractivity (Wildman–Crippen MR) is 84.9 cm³/mol. The summed E-state index contributed by atoms with van der Waals surface area (Å²) in [6, 6.07) is 1.49. The van der Waals surface area contributed by atoms with Crippen LogP contribution in [0.15, 0.2) is 0 Å². The molecule has 3 heteroatoms. The summed E-state index contributed by atoms with van der Waals surface area (Å²) >= 11 is 0. The van der Waals surface area contributed by atoms with E-state index in [1.807, 2.05) is 0 Å². The Hall–Kier alpha value is -0.120. The van der Waals surface area contributed by atoms with Crippen molar-refractivity contribution >= 4 is 0 Å². The van der Waals surface area contributed by atoms with Gasteiger partial charge in [0, 0.05) is 31.8 Å². The van der Waals surface area contributed by atoms with E-state index >= 15 is 0 Å². The van der Waals surface area contributed by atoms with Gasteiger partial charge in [-0.05, 0) is 50.0 Å².